The van der Waals surface area contributed by atoms with E-state index in [-0.39, 0.29) is 12.1 Å². The second-order valence-corrected chi connectivity index (χ2v) is 3.67. The van der Waals surface area contributed by atoms with Gasteiger partial charge >= 0.3 is 5.69 Å². The van der Waals surface area contributed by atoms with Crippen LogP contribution in [0.2, 0.25) is 0 Å². The van der Waals surface area contributed by atoms with Gasteiger partial charge in [0.05, 0.1) is 11.0 Å². The molecule has 0 radical (unpaired) electrons. The second-order valence-electron chi connectivity index (χ2n) is 3.67. The topological polar surface area (TPSA) is 110 Å². The first kappa shape index (κ1) is 13.5. The average molecular weight is 244 g/mol. The molecule has 0 saturated carbocycles. The number of hydrogen-bond donors (Lipinski definition) is 3. The van der Waals surface area contributed by atoms with Gasteiger partial charge in [0.25, 0.3) is 0 Å². The second kappa shape index (κ2) is 5.17. The summed E-state index contributed by atoms with van der Waals surface area (Å²) < 4.78 is 13.3. The van der Waals surface area contributed by atoms with E-state index < -0.39 is 28.6 Å². The molecular formula is C10H13FN2O4. The van der Waals surface area contributed by atoms with Crippen LogP contribution in [0.15, 0.2) is 12.1 Å². The lowest BCUT2D eigenvalue weighted by Crippen LogP contribution is -2.27. The minimum Gasteiger partial charge on any atom is -0.389 e. The Morgan fingerprint density at radius 2 is 2.12 bits per heavy atom. The number of aliphatic hydroxyl groups is 2. The summed E-state index contributed by atoms with van der Waals surface area (Å²) in [7, 11) is 0. The van der Waals surface area contributed by atoms with Crippen LogP contribution >= 0.6 is 0 Å². The van der Waals surface area contributed by atoms with Gasteiger partial charge in [0.15, 0.2) is 0 Å². The van der Waals surface area contributed by atoms with Gasteiger partial charge in [0.2, 0.25) is 5.82 Å². The van der Waals surface area contributed by atoms with Gasteiger partial charge in [-0.15, -0.1) is 0 Å². The fourth-order valence-electron chi connectivity index (χ4n) is 1.48. The number of aryl methyl sites for hydroxylation is 1. The van der Waals surface area contributed by atoms with E-state index in [1.165, 1.54) is 6.92 Å². The number of rotatable bonds is 4. The van der Waals surface area contributed by atoms with Gasteiger partial charge in [-0.05, 0) is 24.1 Å². The highest BCUT2D eigenvalue weighted by Gasteiger charge is 2.23. The molecular weight excluding hydrogens is 231 g/mol. The average Bonchev–Trinajstić information content (AvgIpc) is 2.29. The van der Waals surface area contributed by atoms with Gasteiger partial charge in [-0.3, -0.25) is 10.1 Å². The van der Waals surface area contributed by atoms with Crippen LogP contribution in [0, 0.1) is 22.9 Å². The molecule has 1 rings (SSSR count). The molecule has 0 fully saturated rings. The van der Waals surface area contributed by atoms with Gasteiger partial charge in [-0.25, -0.2) is 0 Å². The molecule has 0 bridgehead atoms. The lowest BCUT2D eigenvalue weighted by atomic mass is 9.98. The highest BCUT2D eigenvalue weighted by molar-refractivity contribution is 5.42. The number of nitrogens with zero attached hydrogens (tertiary/aromatic N) is 1. The molecule has 4 N–H and O–H groups in total. The van der Waals surface area contributed by atoms with Crippen molar-refractivity contribution in [2.75, 3.05) is 6.54 Å². The van der Waals surface area contributed by atoms with Crippen molar-refractivity contribution in [1.29, 1.82) is 0 Å². The van der Waals surface area contributed by atoms with Gasteiger partial charge in [0.1, 0.15) is 6.10 Å². The minimum atomic E-state index is -1.37. The summed E-state index contributed by atoms with van der Waals surface area (Å²) in [5.74, 6) is -1.06. The van der Waals surface area contributed by atoms with Gasteiger partial charge in [-0.1, -0.05) is 0 Å². The molecule has 0 heterocycles. The molecule has 1 aromatic carbocycles. The number of aliphatic hydroxyl groups excluding tert-OH is 2. The molecule has 2 atom stereocenters. The summed E-state index contributed by atoms with van der Waals surface area (Å²) in [6.07, 6.45) is -2.61. The van der Waals surface area contributed by atoms with E-state index in [2.05, 4.69) is 0 Å². The Kier molecular flexibility index (Phi) is 4.11. The Morgan fingerprint density at radius 1 is 1.53 bits per heavy atom. The Bertz CT molecular complexity index is 439. The summed E-state index contributed by atoms with van der Waals surface area (Å²) in [6.45, 7) is 1.29. The highest BCUT2D eigenvalue weighted by atomic mass is 19.1. The monoisotopic (exact) mass is 244 g/mol. The third kappa shape index (κ3) is 2.76. The number of nitrogens with two attached hydrogens (primary N) is 1. The predicted octanol–water partition coefficient (Wildman–Crippen LogP) is 0.395. The number of hydrogen-bond acceptors (Lipinski definition) is 5. The number of benzene rings is 1. The number of halogens is 1. The van der Waals surface area contributed by atoms with E-state index in [0.717, 1.165) is 12.1 Å². The van der Waals surface area contributed by atoms with Crippen LogP contribution in [-0.2, 0) is 0 Å². The normalized spacial score (nSPS) is 14.4. The van der Waals surface area contributed by atoms with E-state index in [1.807, 2.05) is 0 Å². The van der Waals surface area contributed by atoms with Crippen molar-refractivity contribution in [3.8, 4) is 0 Å². The molecule has 94 valence electrons. The molecule has 0 amide bonds. The Labute approximate surface area is 96.6 Å². The summed E-state index contributed by atoms with van der Waals surface area (Å²) >= 11 is 0. The number of nitro groups is 1. The van der Waals surface area contributed by atoms with Crippen molar-refractivity contribution >= 4 is 5.69 Å². The maximum Gasteiger partial charge on any atom is 0.305 e. The molecule has 0 aliphatic rings. The van der Waals surface area contributed by atoms with Crippen LogP contribution in [0.1, 0.15) is 17.2 Å². The summed E-state index contributed by atoms with van der Waals surface area (Å²) in [5, 5.41) is 29.5. The van der Waals surface area contributed by atoms with Gasteiger partial charge < -0.3 is 15.9 Å². The minimum absolute atomic E-state index is 0.0889. The summed E-state index contributed by atoms with van der Waals surface area (Å²) in [4.78, 5) is 9.63. The Morgan fingerprint density at radius 3 is 2.59 bits per heavy atom. The zero-order valence-corrected chi connectivity index (χ0v) is 9.13. The van der Waals surface area contributed by atoms with Crippen molar-refractivity contribution in [2.24, 2.45) is 5.73 Å². The molecule has 0 aliphatic heterocycles. The van der Waals surface area contributed by atoms with E-state index in [9.17, 15) is 24.7 Å². The number of nitro benzene ring substituents is 1. The van der Waals surface area contributed by atoms with Crippen LogP contribution in [0.5, 0.6) is 0 Å². The first-order chi connectivity index (χ1) is 7.88. The van der Waals surface area contributed by atoms with Gasteiger partial charge in [-0.2, -0.15) is 4.39 Å². The molecule has 0 saturated heterocycles. The van der Waals surface area contributed by atoms with Crippen molar-refractivity contribution in [1.82, 2.24) is 0 Å². The molecule has 17 heavy (non-hydrogen) atoms. The first-order valence-electron chi connectivity index (χ1n) is 4.89. The molecule has 2 unspecified atom stereocenters. The predicted molar refractivity (Wildman–Crippen MR) is 57.8 cm³/mol. The SMILES string of the molecule is Cc1cc([N+](=O)[O-])c(F)cc1C(O)C(O)CN. The van der Waals surface area contributed by atoms with Crippen LogP contribution in [0.25, 0.3) is 0 Å². The first-order valence-corrected chi connectivity index (χ1v) is 4.89. The molecule has 0 aliphatic carbocycles. The maximum atomic E-state index is 13.3. The lowest BCUT2D eigenvalue weighted by molar-refractivity contribution is -0.387. The largest absolute Gasteiger partial charge is 0.389 e. The third-order valence-corrected chi connectivity index (χ3v) is 2.46. The van der Waals surface area contributed by atoms with E-state index in [1.54, 1.807) is 0 Å². The quantitative estimate of drug-likeness (QED) is 0.524. The van der Waals surface area contributed by atoms with Crippen molar-refractivity contribution < 1.29 is 19.5 Å². The molecule has 7 heteroatoms. The van der Waals surface area contributed by atoms with E-state index in [0.29, 0.717) is 5.56 Å². The smallest absolute Gasteiger partial charge is 0.305 e. The highest BCUT2D eigenvalue weighted by Crippen LogP contribution is 2.27. The van der Waals surface area contributed by atoms with Crippen LogP contribution in [0.3, 0.4) is 0 Å². The molecule has 6 nitrogen and oxygen atoms in total. The van der Waals surface area contributed by atoms with Crippen LogP contribution in [0.4, 0.5) is 10.1 Å². The summed E-state index contributed by atoms with van der Waals surface area (Å²) in [6, 6.07) is 1.86. The van der Waals surface area contributed by atoms with Gasteiger partial charge in [0, 0.05) is 12.6 Å². The Hall–Kier alpha value is -1.57. The Balaban J connectivity index is 3.20. The van der Waals surface area contributed by atoms with Crippen LogP contribution < -0.4 is 5.73 Å². The molecule has 0 spiro atoms. The van der Waals surface area contributed by atoms with Crippen molar-refractivity contribution in [3.05, 3.63) is 39.2 Å². The van der Waals surface area contributed by atoms with Crippen LogP contribution in [-0.4, -0.2) is 27.8 Å². The fourth-order valence-corrected chi connectivity index (χ4v) is 1.48. The van der Waals surface area contributed by atoms with Crippen molar-refractivity contribution in [2.45, 2.75) is 19.1 Å². The standard InChI is InChI=1S/C10H13FN2O4/c1-5-2-8(13(16)17)7(11)3-6(5)10(15)9(14)4-12/h2-3,9-10,14-15H,4,12H2,1H3. The summed E-state index contributed by atoms with van der Waals surface area (Å²) in [5.41, 5.74) is 4.91. The lowest BCUT2D eigenvalue weighted by Gasteiger charge is -2.18. The van der Waals surface area contributed by atoms with E-state index in [4.69, 9.17) is 5.73 Å². The third-order valence-electron chi connectivity index (χ3n) is 2.46. The van der Waals surface area contributed by atoms with E-state index >= 15 is 0 Å². The zero-order chi connectivity index (χ0) is 13.2. The fraction of sp³-hybridized carbons (Fsp3) is 0.400. The molecule has 1 aromatic rings. The molecule has 0 aromatic heterocycles. The van der Waals surface area contributed by atoms with Crippen molar-refractivity contribution in [3.63, 3.8) is 0 Å². The zero-order valence-electron chi connectivity index (χ0n) is 9.13. The maximum absolute atomic E-state index is 13.3.